The molecule has 1 aromatic carbocycles. The molecule has 1 N–H and O–H groups in total. The lowest BCUT2D eigenvalue weighted by Crippen LogP contribution is -3.06. The second-order valence-electron chi connectivity index (χ2n) is 4.44. The molecule has 0 bridgehead atoms. The van der Waals surface area contributed by atoms with Crippen LogP contribution < -0.4 is 17.4 Å². The second kappa shape index (κ2) is 6.40. The van der Waals surface area contributed by atoms with Crippen LogP contribution in [0.25, 0.3) is 11.4 Å². The highest BCUT2D eigenvalue weighted by atomic mass is 35.5. The van der Waals surface area contributed by atoms with E-state index < -0.39 is 0 Å². The Bertz CT molecular complexity index is 598. The highest BCUT2D eigenvalue weighted by Crippen LogP contribution is 2.18. The molecular weight excluding hydrogens is 278 g/mol. The van der Waals surface area contributed by atoms with Gasteiger partial charge < -0.3 is 16.9 Å². The van der Waals surface area contributed by atoms with Gasteiger partial charge in [-0.15, -0.1) is 0 Å². The van der Waals surface area contributed by atoms with Crippen LogP contribution in [-0.4, -0.2) is 29.4 Å². The summed E-state index contributed by atoms with van der Waals surface area (Å²) in [4.78, 5) is 8.38. The quantitative estimate of drug-likeness (QED) is 0.690. The Balaban J connectivity index is 0.00000147. The molecule has 1 aliphatic rings. The molecule has 0 amide bonds. The van der Waals surface area contributed by atoms with E-state index in [0.717, 1.165) is 17.1 Å². The summed E-state index contributed by atoms with van der Waals surface area (Å²) in [5.74, 6) is 1.37. The van der Waals surface area contributed by atoms with Crippen molar-refractivity contribution in [3.63, 3.8) is 0 Å². The second-order valence-corrected chi connectivity index (χ2v) is 4.44. The summed E-state index contributed by atoms with van der Waals surface area (Å²) >= 11 is 0. The molecule has 1 aliphatic heterocycles. The molecule has 2 heterocycles. The van der Waals surface area contributed by atoms with Gasteiger partial charge in [0.05, 0.1) is 5.92 Å². The van der Waals surface area contributed by atoms with Crippen molar-refractivity contribution in [2.24, 2.45) is 10.1 Å². The molecule has 6 nitrogen and oxygen atoms in total. The number of hydrogen-bond donors (Lipinski definition) is 1. The zero-order chi connectivity index (χ0) is 13.1. The highest BCUT2D eigenvalue weighted by molar-refractivity contribution is 5.69. The third-order valence-corrected chi connectivity index (χ3v) is 2.92. The fourth-order valence-electron chi connectivity index (χ4n) is 1.91. The van der Waals surface area contributed by atoms with Gasteiger partial charge in [-0.3, -0.25) is 0 Å². The number of nitrogens with zero attached hydrogens (tertiary/aromatic N) is 4. The Morgan fingerprint density at radius 3 is 2.75 bits per heavy atom. The third kappa shape index (κ3) is 3.09. The van der Waals surface area contributed by atoms with Crippen LogP contribution in [0, 0.1) is 0 Å². The molecule has 1 aromatic heterocycles. The van der Waals surface area contributed by atoms with Crippen molar-refractivity contribution in [2.45, 2.75) is 12.8 Å². The van der Waals surface area contributed by atoms with Gasteiger partial charge in [0.1, 0.15) is 6.54 Å². The smallest absolute Gasteiger partial charge is 0.235 e. The highest BCUT2D eigenvalue weighted by Gasteiger charge is 2.21. The van der Waals surface area contributed by atoms with Gasteiger partial charge in [0.15, 0.2) is 6.34 Å². The molecule has 2 unspecified atom stereocenters. The van der Waals surface area contributed by atoms with Crippen LogP contribution >= 0.6 is 0 Å². The Labute approximate surface area is 122 Å². The lowest BCUT2D eigenvalue weighted by Gasteiger charge is -2.06. The molecule has 3 rings (SSSR count). The van der Waals surface area contributed by atoms with E-state index in [-0.39, 0.29) is 18.3 Å². The number of rotatable bonds is 4. The molecule has 2 atom stereocenters. The average molecular weight is 292 g/mol. The van der Waals surface area contributed by atoms with Crippen LogP contribution in [-0.2, 0) is 0 Å². The molecule has 7 heteroatoms. The largest absolute Gasteiger partial charge is 1.00 e. The normalized spacial score (nSPS) is 17.9. The van der Waals surface area contributed by atoms with Crippen molar-refractivity contribution >= 4 is 12.7 Å². The van der Waals surface area contributed by atoms with Gasteiger partial charge in [-0.1, -0.05) is 40.6 Å². The molecule has 0 spiro atoms. The summed E-state index contributed by atoms with van der Waals surface area (Å²) < 4.78 is 5.32. The van der Waals surface area contributed by atoms with E-state index in [1.807, 2.05) is 37.3 Å². The maximum atomic E-state index is 5.32. The van der Waals surface area contributed by atoms with E-state index >= 15 is 0 Å². The van der Waals surface area contributed by atoms with Crippen molar-refractivity contribution < 1.29 is 21.9 Å². The number of benzene rings is 1. The van der Waals surface area contributed by atoms with Crippen LogP contribution in [0.2, 0.25) is 0 Å². The first-order valence-electron chi connectivity index (χ1n) is 6.13. The monoisotopic (exact) mass is 291 g/mol. The molecule has 0 saturated carbocycles. The lowest BCUT2D eigenvalue weighted by molar-refractivity contribution is -0.804. The first kappa shape index (κ1) is 14.4. The topological polar surface area (TPSA) is 68.1 Å². The van der Waals surface area contributed by atoms with Crippen molar-refractivity contribution in [2.75, 3.05) is 6.54 Å². The zero-order valence-corrected chi connectivity index (χ0v) is 11.7. The Hall–Kier alpha value is -2.05. The predicted molar refractivity (Wildman–Crippen MR) is 71.0 cm³/mol. The maximum Gasteiger partial charge on any atom is 0.235 e. The van der Waals surface area contributed by atoms with E-state index in [1.54, 1.807) is 12.7 Å². The molecule has 2 aromatic rings. The van der Waals surface area contributed by atoms with E-state index in [4.69, 9.17) is 4.52 Å². The molecule has 0 saturated heterocycles. The van der Waals surface area contributed by atoms with Gasteiger partial charge in [0.25, 0.3) is 0 Å². The van der Waals surface area contributed by atoms with Gasteiger partial charge in [-0.2, -0.15) is 15.0 Å². The number of quaternary nitrogens is 1. The molecule has 0 radical (unpaired) electrons. The molecular formula is C13H14ClN5O. The summed E-state index contributed by atoms with van der Waals surface area (Å²) in [5, 5.41) is 9.10. The van der Waals surface area contributed by atoms with Crippen molar-refractivity contribution in [3.8, 4) is 11.4 Å². The van der Waals surface area contributed by atoms with Crippen molar-refractivity contribution in [3.05, 3.63) is 36.2 Å². The van der Waals surface area contributed by atoms with Crippen LogP contribution in [0.4, 0.5) is 0 Å². The van der Waals surface area contributed by atoms with E-state index in [2.05, 4.69) is 20.2 Å². The zero-order valence-electron chi connectivity index (χ0n) is 10.9. The standard InChI is InChI=1S/C13H13N5O.ClH/c1-10(7-18-9-14-8-15-18)13-16-12(17-19-13)11-5-3-2-4-6-11;/h2-6,8-10H,7H2,1H3;1H. The first-order chi connectivity index (χ1) is 9.33. The maximum absolute atomic E-state index is 5.32. The molecule has 0 aliphatic carbocycles. The van der Waals surface area contributed by atoms with E-state index in [1.165, 1.54) is 0 Å². The van der Waals surface area contributed by atoms with Crippen LogP contribution in [0.1, 0.15) is 18.7 Å². The predicted octanol–water partition coefficient (Wildman–Crippen LogP) is -2.29. The summed E-state index contributed by atoms with van der Waals surface area (Å²) in [5.41, 5.74) is 0.956. The minimum atomic E-state index is 0. The van der Waals surface area contributed by atoms with Gasteiger partial charge in [0, 0.05) is 5.56 Å². The number of hydrogen-bond acceptors (Lipinski definition) is 5. The summed E-state index contributed by atoms with van der Waals surface area (Å²) in [6.07, 6.45) is 3.30. The summed E-state index contributed by atoms with van der Waals surface area (Å²) in [6, 6.07) is 9.79. The number of aliphatic imine (C=N–C) groups is 1. The van der Waals surface area contributed by atoms with Crippen LogP contribution in [0.5, 0.6) is 0 Å². The summed E-state index contributed by atoms with van der Waals surface area (Å²) in [6.45, 7) is 2.79. The first-order valence-corrected chi connectivity index (χ1v) is 6.13. The Morgan fingerprint density at radius 2 is 2.05 bits per heavy atom. The number of nitrogens with one attached hydrogen (secondary N) is 1. The SMILES string of the molecule is CC(C[NH+]1C=NC=N1)c1nc(-c2ccccc2)no1.[Cl-]. The fourth-order valence-corrected chi connectivity index (χ4v) is 1.91. The lowest BCUT2D eigenvalue weighted by atomic mass is 10.2. The minimum Gasteiger partial charge on any atom is -1.00 e. The number of halogens is 1. The average Bonchev–Trinajstić information content (AvgIpc) is 3.10. The fraction of sp³-hybridized carbons (Fsp3) is 0.231. The van der Waals surface area contributed by atoms with Gasteiger partial charge in [0.2, 0.25) is 18.1 Å². The summed E-state index contributed by atoms with van der Waals surface area (Å²) in [7, 11) is 0. The molecule has 0 fully saturated rings. The van der Waals surface area contributed by atoms with E-state index in [0.29, 0.717) is 11.7 Å². The van der Waals surface area contributed by atoms with E-state index in [9.17, 15) is 0 Å². The van der Waals surface area contributed by atoms with Gasteiger partial charge in [-0.05, 0) is 6.92 Å². The molecule has 20 heavy (non-hydrogen) atoms. The molecule has 104 valence electrons. The van der Waals surface area contributed by atoms with Crippen LogP contribution in [0.3, 0.4) is 0 Å². The minimum absolute atomic E-state index is 0. The number of aromatic nitrogens is 2. The van der Waals surface area contributed by atoms with Gasteiger partial charge in [-0.25, -0.2) is 0 Å². The Kier molecular flexibility index (Phi) is 4.60. The van der Waals surface area contributed by atoms with Crippen LogP contribution in [0.15, 0.2) is 44.9 Å². The van der Waals surface area contributed by atoms with Crippen molar-refractivity contribution in [1.29, 1.82) is 0 Å². The third-order valence-electron chi connectivity index (χ3n) is 2.92. The Morgan fingerprint density at radius 1 is 1.25 bits per heavy atom. The van der Waals surface area contributed by atoms with Gasteiger partial charge >= 0.3 is 0 Å². The van der Waals surface area contributed by atoms with Crippen molar-refractivity contribution in [1.82, 2.24) is 10.1 Å².